The van der Waals surface area contributed by atoms with E-state index in [2.05, 4.69) is 5.32 Å². The minimum absolute atomic E-state index is 0.0907. The van der Waals surface area contributed by atoms with Gasteiger partial charge < -0.3 is 10.2 Å². The second kappa shape index (κ2) is 12.7. The van der Waals surface area contributed by atoms with Crippen LogP contribution in [0.1, 0.15) is 37.5 Å². The first-order valence-electron chi connectivity index (χ1n) is 12.8. The molecule has 0 spiro atoms. The van der Waals surface area contributed by atoms with Crippen molar-refractivity contribution in [3.63, 3.8) is 0 Å². The Labute approximate surface area is 226 Å². The number of carbonyl (C=O) groups excluding carboxylic acids is 2. The van der Waals surface area contributed by atoms with Crippen LogP contribution in [0.2, 0.25) is 0 Å². The molecule has 7 nitrogen and oxygen atoms in total. The van der Waals surface area contributed by atoms with Crippen molar-refractivity contribution < 1.29 is 18.0 Å². The Balaban J connectivity index is 1.99. The van der Waals surface area contributed by atoms with Crippen LogP contribution in [0.25, 0.3) is 0 Å². The molecule has 0 radical (unpaired) electrons. The Morgan fingerprint density at radius 1 is 0.842 bits per heavy atom. The van der Waals surface area contributed by atoms with E-state index in [1.54, 1.807) is 49.4 Å². The Kier molecular flexibility index (Phi) is 9.69. The number of hydrogen-bond donors (Lipinski definition) is 1. The van der Waals surface area contributed by atoms with Crippen LogP contribution < -0.4 is 9.62 Å². The number of anilines is 1. The molecule has 0 aliphatic carbocycles. The first-order chi connectivity index (χ1) is 18.0. The van der Waals surface area contributed by atoms with Gasteiger partial charge in [0.15, 0.2) is 0 Å². The van der Waals surface area contributed by atoms with E-state index < -0.39 is 28.5 Å². The van der Waals surface area contributed by atoms with E-state index in [4.69, 9.17) is 0 Å². The average molecular weight is 536 g/mol. The van der Waals surface area contributed by atoms with Crippen molar-refractivity contribution >= 4 is 27.5 Å². The molecule has 1 atom stereocenters. The summed E-state index contributed by atoms with van der Waals surface area (Å²) in [7, 11) is -4.06. The van der Waals surface area contributed by atoms with Crippen molar-refractivity contribution in [3.05, 3.63) is 95.6 Å². The molecule has 0 bridgehead atoms. The van der Waals surface area contributed by atoms with Gasteiger partial charge in [-0.15, -0.1) is 0 Å². The fraction of sp³-hybridized carbons (Fsp3) is 0.333. The van der Waals surface area contributed by atoms with Gasteiger partial charge in [-0.1, -0.05) is 74.0 Å². The maximum atomic E-state index is 13.9. The number of aryl methyl sites for hydroxylation is 2. The highest BCUT2D eigenvalue weighted by atomic mass is 32.2. The van der Waals surface area contributed by atoms with Crippen LogP contribution in [0.3, 0.4) is 0 Å². The number of carbonyl (C=O) groups is 2. The molecule has 8 heteroatoms. The summed E-state index contributed by atoms with van der Waals surface area (Å²) in [5.74, 6) is -0.506. The van der Waals surface area contributed by atoms with E-state index in [-0.39, 0.29) is 23.3 Å². The standard InChI is InChI=1S/C30H37N3O4S/c1-22(2)19-31-30(35)25(5)32(20-26-12-10-9-11-24(26)4)29(34)21-33(27-13-7-6-8-14-27)38(36,37)28-17-15-23(3)16-18-28/h6-18,22,25H,19-21H2,1-5H3,(H,31,35)/t25-/m1/s1. The largest absolute Gasteiger partial charge is 0.354 e. The SMILES string of the molecule is Cc1ccc(S(=O)(=O)N(CC(=O)N(Cc2ccccc2C)[C@H](C)C(=O)NCC(C)C)c2ccccc2)cc1. The monoisotopic (exact) mass is 535 g/mol. The molecule has 0 aromatic heterocycles. The molecule has 38 heavy (non-hydrogen) atoms. The number of amides is 2. The number of para-hydroxylation sites is 1. The number of nitrogens with zero attached hydrogens (tertiary/aromatic N) is 2. The lowest BCUT2D eigenvalue weighted by Crippen LogP contribution is -2.51. The molecular weight excluding hydrogens is 498 g/mol. The van der Waals surface area contributed by atoms with Gasteiger partial charge in [0, 0.05) is 13.1 Å². The second-order valence-electron chi connectivity index (χ2n) is 9.92. The number of nitrogens with one attached hydrogen (secondary N) is 1. The molecule has 2 amide bonds. The van der Waals surface area contributed by atoms with E-state index in [1.807, 2.05) is 52.0 Å². The van der Waals surface area contributed by atoms with Crippen molar-refractivity contribution in [2.45, 2.75) is 52.1 Å². The normalized spacial score (nSPS) is 12.2. The van der Waals surface area contributed by atoms with Crippen LogP contribution in [0, 0.1) is 19.8 Å². The number of hydrogen-bond acceptors (Lipinski definition) is 4. The topological polar surface area (TPSA) is 86.8 Å². The third-order valence-corrected chi connectivity index (χ3v) is 8.17. The van der Waals surface area contributed by atoms with Gasteiger partial charge >= 0.3 is 0 Å². The van der Waals surface area contributed by atoms with E-state index in [0.29, 0.717) is 12.2 Å². The van der Waals surface area contributed by atoms with E-state index in [9.17, 15) is 18.0 Å². The predicted molar refractivity (Wildman–Crippen MR) is 151 cm³/mol. The first kappa shape index (κ1) is 28.9. The number of sulfonamides is 1. The lowest BCUT2D eigenvalue weighted by Gasteiger charge is -2.32. The highest BCUT2D eigenvalue weighted by Crippen LogP contribution is 2.25. The fourth-order valence-electron chi connectivity index (χ4n) is 3.97. The minimum atomic E-state index is -4.06. The molecule has 0 saturated heterocycles. The fourth-order valence-corrected chi connectivity index (χ4v) is 5.38. The maximum Gasteiger partial charge on any atom is 0.264 e. The van der Waals surface area contributed by atoms with Gasteiger partial charge in [0.2, 0.25) is 11.8 Å². The molecule has 0 fully saturated rings. The van der Waals surface area contributed by atoms with Gasteiger partial charge in [0.1, 0.15) is 12.6 Å². The van der Waals surface area contributed by atoms with Gasteiger partial charge in [-0.05, 0) is 62.1 Å². The molecule has 3 aromatic carbocycles. The molecule has 0 heterocycles. The summed E-state index contributed by atoms with van der Waals surface area (Å²) in [6.45, 7) is 9.69. The molecule has 0 saturated carbocycles. The molecule has 0 aliphatic heterocycles. The summed E-state index contributed by atoms with van der Waals surface area (Å²) in [6, 6.07) is 21.9. The molecule has 3 rings (SSSR count). The first-order valence-corrected chi connectivity index (χ1v) is 14.2. The summed E-state index contributed by atoms with van der Waals surface area (Å²) in [5, 5.41) is 2.90. The van der Waals surface area contributed by atoms with Gasteiger partial charge in [-0.3, -0.25) is 13.9 Å². The van der Waals surface area contributed by atoms with Crippen molar-refractivity contribution in [3.8, 4) is 0 Å². The minimum Gasteiger partial charge on any atom is -0.354 e. The molecule has 3 aromatic rings. The Hall–Kier alpha value is -3.65. The van der Waals surface area contributed by atoms with Crippen molar-refractivity contribution in [1.29, 1.82) is 0 Å². The van der Waals surface area contributed by atoms with Crippen LogP contribution in [0.15, 0.2) is 83.8 Å². The second-order valence-corrected chi connectivity index (χ2v) is 11.8. The van der Waals surface area contributed by atoms with Gasteiger partial charge in [-0.2, -0.15) is 0 Å². The summed E-state index contributed by atoms with van der Waals surface area (Å²) in [6.07, 6.45) is 0. The zero-order valence-electron chi connectivity index (χ0n) is 22.7. The van der Waals surface area contributed by atoms with Crippen molar-refractivity contribution in [2.24, 2.45) is 5.92 Å². The van der Waals surface area contributed by atoms with Crippen LogP contribution in [-0.4, -0.2) is 44.3 Å². The number of rotatable bonds is 11. The maximum absolute atomic E-state index is 13.9. The molecule has 202 valence electrons. The quantitative estimate of drug-likeness (QED) is 0.386. The third kappa shape index (κ3) is 7.22. The van der Waals surface area contributed by atoms with Crippen LogP contribution >= 0.6 is 0 Å². The van der Waals surface area contributed by atoms with Crippen molar-refractivity contribution in [2.75, 3.05) is 17.4 Å². The van der Waals surface area contributed by atoms with Gasteiger partial charge in [0.05, 0.1) is 10.6 Å². The van der Waals surface area contributed by atoms with Gasteiger partial charge in [-0.25, -0.2) is 8.42 Å². The third-order valence-electron chi connectivity index (χ3n) is 6.39. The van der Waals surface area contributed by atoms with Gasteiger partial charge in [0.25, 0.3) is 10.0 Å². The number of benzene rings is 3. The summed E-state index contributed by atoms with van der Waals surface area (Å²) in [4.78, 5) is 28.5. The predicted octanol–water partition coefficient (Wildman–Crippen LogP) is 4.69. The lowest BCUT2D eigenvalue weighted by atomic mass is 10.1. The van der Waals surface area contributed by atoms with E-state index in [1.165, 1.54) is 17.0 Å². The smallest absolute Gasteiger partial charge is 0.264 e. The zero-order chi connectivity index (χ0) is 27.9. The summed E-state index contributed by atoms with van der Waals surface area (Å²) < 4.78 is 28.7. The summed E-state index contributed by atoms with van der Waals surface area (Å²) in [5.41, 5.74) is 3.16. The highest BCUT2D eigenvalue weighted by molar-refractivity contribution is 7.92. The Bertz CT molecular complexity index is 1340. The molecule has 0 unspecified atom stereocenters. The molecule has 1 N–H and O–H groups in total. The van der Waals surface area contributed by atoms with E-state index >= 15 is 0 Å². The van der Waals surface area contributed by atoms with Crippen LogP contribution in [0.4, 0.5) is 5.69 Å². The Morgan fingerprint density at radius 2 is 1.45 bits per heavy atom. The zero-order valence-corrected chi connectivity index (χ0v) is 23.5. The highest BCUT2D eigenvalue weighted by Gasteiger charge is 2.32. The summed E-state index contributed by atoms with van der Waals surface area (Å²) >= 11 is 0. The Morgan fingerprint density at radius 3 is 2.05 bits per heavy atom. The molecule has 0 aliphatic rings. The average Bonchev–Trinajstić information content (AvgIpc) is 2.90. The van der Waals surface area contributed by atoms with E-state index in [0.717, 1.165) is 21.0 Å². The van der Waals surface area contributed by atoms with Crippen molar-refractivity contribution in [1.82, 2.24) is 10.2 Å². The van der Waals surface area contributed by atoms with Crippen LogP contribution in [-0.2, 0) is 26.2 Å². The molecular formula is C30H37N3O4S. The van der Waals surface area contributed by atoms with Crippen LogP contribution in [0.5, 0.6) is 0 Å². The lowest BCUT2D eigenvalue weighted by molar-refractivity contribution is -0.139.